The molecule has 114 valence electrons. The van der Waals surface area contributed by atoms with Crippen LogP contribution in [-0.2, 0) is 6.42 Å². The van der Waals surface area contributed by atoms with Crippen molar-refractivity contribution in [2.24, 2.45) is 0 Å². The lowest BCUT2D eigenvalue weighted by Crippen LogP contribution is -1.98. The van der Waals surface area contributed by atoms with Crippen molar-refractivity contribution < 1.29 is 4.74 Å². The average Bonchev–Trinajstić information content (AvgIpc) is 2.91. The van der Waals surface area contributed by atoms with Gasteiger partial charge in [-0.3, -0.25) is 0 Å². The van der Waals surface area contributed by atoms with E-state index >= 15 is 0 Å². The van der Waals surface area contributed by atoms with Crippen LogP contribution >= 0.6 is 0 Å². The third kappa shape index (κ3) is 2.82. The molecule has 0 saturated carbocycles. The molecule has 0 fully saturated rings. The van der Waals surface area contributed by atoms with Gasteiger partial charge in [0.1, 0.15) is 11.6 Å². The molecule has 4 heteroatoms. The second-order valence-electron chi connectivity index (χ2n) is 5.44. The van der Waals surface area contributed by atoms with E-state index in [2.05, 4.69) is 53.1 Å². The van der Waals surface area contributed by atoms with Crippen molar-refractivity contribution in [3.05, 3.63) is 41.9 Å². The summed E-state index contributed by atoms with van der Waals surface area (Å²) < 4.78 is 5.81. The molecular formula is C18H21N3O. The molecule has 0 atom stereocenters. The fraction of sp³-hybridized carbons (Fsp3) is 0.333. The summed E-state index contributed by atoms with van der Waals surface area (Å²) in [5.74, 6) is 1.87. The molecular weight excluding hydrogens is 274 g/mol. The first-order chi connectivity index (χ1) is 10.7. The van der Waals surface area contributed by atoms with Gasteiger partial charge in [0, 0.05) is 11.8 Å². The number of benzene rings is 1. The van der Waals surface area contributed by atoms with E-state index in [1.54, 1.807) is 0 Å². The minimum atomic E-state index is 0.757. The van der Waals surface area contributed by atoms with Crippen LogP contribution in [0.15, 0.2) is 30.5 Å². The van der Waals surface area contributed by atoms with E-state index in [0.717, 1.165) is 53.3 Å². The van der Waals surface area contributed by atoms with Gasteiger partial charge in [-0.05, 0) is 49.1 Å². The second-order valence-corrected chi connectivity index (χ2v) is 5.44. The number of pyridine rings is 1. The average molecular weight is 295 g/mol. The number of imidazole rings is 1. The zero-order valence-electron chi connectivity index (χ0n) is 13.3. The van der Waals surface area contributed by atoms with Crippen LogP contribution in [0.5, 0.6) is 5.75 Å². The second kappa shape index (κ2) is 6.18. The minimum absolute atomic E-state index is 0.757. The van der Waals surface area contributed by atoms with E-state index in [-0.39, 0.29) is 0 Å². The first kappa shape index (κ1) is 14.6. The van der Waals surface area contributed by atoms with Gasteiger partial charge in [0.05, 0.1) is 12.1 Å². The highest BCUT2D eigenvalue weighted by Gasteiger charge is 2.08. The van der Waals surface area contributed by atoms with Crippen molar-refractivity contribution in [3.63, 3.8) is 0 Å². The van der Waals surface area contributed by atoms with E-state index in [9.17, 15) is 0 Å². The number of aromatic amines is 1. The van der Waals surface area contributed by atoms with E-state index in [1.807, 2.05) is 13.1 Å². The number of H-pyrrole nitrogens is 1. The van der Waals surface area contributed by atoms with Gasteiger partial charge in [0.2, 0.25) is 0 Å². The Kier molecular flexibility index (Phi) is 4.09. The zero-order chi connectivity index (χ0) is 15.5. The van der Waals surface area contributed by atoms with E-state index in [1.165, 1.54) is 5.56 Å². The number of nitrogens with zero attached hydrogens (tertiary/aromatic N) is 2. The summed E-state index contributed by atoms with van der Waals surface area (Å²) in [6.07, 6.45) is 3.85. The molecule has 22 heavy (non-hydrogen) atoms. The van der Waals surface area contributed by atoms with Crippen molar-refractivity contribution in [1.29, 1.82) is 0 Å². The van der Waals surface area contributed by atoms with Gasteiger partial charge in [0.15, 0.2) is 5.65 Å². The largest absolute Gasteiger partial charge is 0.493 e. The Morgan fingerprint density at radius 3 is 2.77 bits per heavy atom. The Morgan fingerprint density at radius 2 is 2.00 bits per heavy atom. The van der Waals surface area contributed by atoms with Crippen LogP contribution < -0.4 is 4.74 Å². The smallest absolute Gasteiger partial charge is 0.177 e. The maximum absolute atomic E-state index is 5.81. The first-order valence-electron chi connectivity index (χ1n) is 7.79. The SMILES string of the molecule is CCCOc1ccc(-c2cnc3nc(C)[nH]c3c2)cc1CC. The van der Waals surface area contributed by atoms with Crippen LogP contribution in [0.25, 0.3) is 22.3 Å². The van der Waals surface area contributed by atoms with Crippen molar-refractivity contribution in [1.82, 2.24) is 15.0 Å². The highest BCUT2D eigenvalue weighted by atomic mass is 16.5. The molecule has 0 bridgehead atoms. The van der Waals surface area contributed by atoms with Crippen molar-refractivity contribution in [2.45, 2.75) is 33.6 Å². The zero-order valence-corrected chi connectivity index (χ0v) is 13.3. The summed E-state index contributed by atoms with van der Waals surface area (Å²) in [5.41, 5.74) is 5.21. The van der Waals surface area contributed by atoms with Gasteiger partial charge >= 0.3 is 0 Å². The Morgan fingerprint density at radius 1 is 1.14 bits per heavy atom. The molecule has 0 radical (unpaired) electrons. The number of fused-ring (bicyclic) bond motifs is 1. The number of nitrogens with one attached hydrogen (secondary N) is 1. The van der Waals surface area contributed by atoms with E-state index < -0.39 is 0 Å². The number of hydrogen-bond donors (Lipinski definition) is 1. The maximum Gasteiger partial charge on any atom is 0.177 e. The Balaban J connectivity index is 1.98. The predicted octanol–water partition coefficient (Wildman–Crippen LogP) is 4.28. The lowest BCUT2D eigenvalue weighted by Gasteiger charge is -2.11. The number of rotatable bonds is 5. The molecule has 1 N–H and O–H groups in total. The Hall–Kier alpha value is -2.36. The molecule has 0 aliphatic carbocycles. The molecule has 3 rings (SSSR count). The molecule has 0 aliphatic rings. The predicted molar refractivity (Wildman–Crippen MR) is 89.2 cm³/mol. The van der Waals surface area contributed by atoms with Crippen molar-refractivity contribution in [3.8, 4) is 16.9 Å². The third-order valence-corrected chi connectivity index (χ3v) is 3.69. The third-order valence-electron chi connectivity index (χ3n) is 3.69. The van der Waals surface area contributed by atoms with Gasteiger partial charge in [-0.1, -0.05) is 19.9 Å². The quantitative estimate of drug-likeness (QED) is 0.764. The fourth-order valence-electron chi connectivity index (χ4n) is 2.57. The molecule has 4 nitrogen and oxygen atoms in total. The van der Waals surface area contributed by atoms with Crippen LogP contribution in [-0.4, -0.2) is 21.6 Å². The number of hydrogen-bond acceptors (Lipinski definition) is 3. The normalized spacial score (nSPS) is 11.0. The van der Waals surface area contributed by atoms with Gasteiger partial charge in [-0.2, -0.15) is 0 Å². The summed E-state index contributed by atoms with van der Waals surface area (Å²) in [6, 6.07) is 8.45. The highest BCUT2D eigenvalue weighted by Crippen LogP contribution is 2.28. The fourth-order valence-corrected chi connectivity index (χ4v) is 2.57. The molecule has 0 amide bonds. The molecule has 2 aromatic heterocycles. The van der Waals surface area contributed by atoms with Gasteiger partial charge in [0.25, 0.3) is 0 Å². The molecule has 3 aromatic rings. The first-order valence-corrected chi connectivity index (χ1v) is 7.79. The van der Waals surface area contributed by atoms with Gasteiger partial charge in [-0.15, -0.1) is 0 Å². The molecule has 0 unspecified atom stereocenters. The maximum atomic E-state index is 5.81. The molecule has 0 spiro atoms. The summed E-state index contributed by atoms with van der Waals surface area (Å²) in [4.78, 5) is 12.0. The molecule has 1 aromatic carbocycles. The number of aromatic nitrogens is 3. The lowest BCUT2D eigenvalue weighted by molar-refractivity contribution is 0.314. The van der Waals surface area contributed by atoms with E-state index in [0.29, 0.717) is 0 Å². The van der Waals surface area contributed by atoms with Gasteiger partial charge < -0.3 is 9.72 Å². The molecule has 0 saturated heterocycles. The summed E-state index contributed by atoms with van der Waals surface area (Å²) in [7, 11) is 0. The Labute approximate surface area is 130 Å². The monoisotopic (exact) mass is 295 g/mol. The van der Waals surface area contributed by atoms with Crippen LogP contribution in [0.2, 0.25) is 0 Å². The van der Waals surface area contributed by atoms with Crippen LogP contribution in [0.4, 0.5) is 0 Å². The molecule has 0 aliphatic heterocycles. The number of ether oxygens (including phenoxy) is 1. The number of aryl methyl sites for hydroxylation is 2. The summed E-state index contributed by atoms with van der Waals surface area (Å²) >= 11 is 0. The standard InChI is InChI=1S/C18H21N3O/c1-4-8-22-17-7-6-14(9-13(17)5-2)15-10-16-18(19-11-15)21-12(3)20-16/h6-7,9-11H,4-5,8H2,1-3H3,(H,19,20,21). The lowest BCUT2D eigenvalue weighted by atomic mass is 10.0. The minimum Gasteiger partial charge on any atom is -0.493 e. The highest BCUT2D eigenvalue weighted by molar-refractivity contribution is 5.78. The van der Waals surface area contributed by atoms with Crippen molar-refractivity contribution >= 4 is 11.2 Å². The van der Waals surface area contributed by atoms with Crippen LogP contribution in [0, 0.1) is 6.92 Å². The summed E-state index contributed by atoms with van der Waals surface area (Å²) in [6.45, 7) is 6.97. The van der Waals surface area contributed by atoms with Crippen LogP contribution in [0.3, 0.4) is 0 Å². The Bertz CT molecular complexity index is 792. The van der Waals surface area contributed by atoms with E-state index in [4.69, 9.17) is 4.74 Å². The summed E-state index contributed by atoms with van der Waals surface area (Å²) in [5, 5.41) is 0. The molecule has 2 heterocycles. The topological polar surface area (TPSA) is 50.8 Å². The van der Waals surface area contributed by atoms with Gasteiger partial charge in [-0.25, -0.2) is 9.97 Å². The van der Waals surface area contributed by atoms with Crippen molar-refractivity contribution in [2.75, 3.05) is 6.61 Å². The van der Waals surface area contributed by atoms with Crippen LogP contribution in [0.1, 0.15) is 31.7 Å².